The quantitative estimate of drug-likeness (QED) is 0.860. The van der Waals surface area contributed by atoms with Crippen molar-refractivity contribution in [3.8, 4) is 5.88 Å². The van der Waals surface area contributed by atoms with Crippen molar-refractivity contribution in [3.63, 3.8) is 0 Å². The van der Waals surface area contributed by atoms with Gasteiger partial charge >= 0.3 is 0 Å². The molecule has 0 saturated carbocycles. The molecule has 0 amide bonds. The Morgan fingerprint density at radius 2 is 2.15 bits per heavy atom. The summed E-state index contributed by atoms with van der Waals surface area (Å²) < 4.78 is 19.4. The van der Waals surface area contributed by atoms with E-state index in [9.17, 15) is 4.39 Å². The van der Waals surface area contributed by atoms with E-state index in [1.807, 2.05) is 6.92 Å². The van der Waals surface area contributed by atoms with E-state index in [-0.39, 0.29) is 5.82 Å². The number of anilines is 3. The molecule has 0 aliphatic carbocycles. The molecule has 4 nitrogen and oxygen atoms in total. The molecule has 0 saturated heterocycles. The number of aromatic nitrogens is 1. The van der Waals surface area contributed by atoms with E-state index < -0.39 is 0 Å². The molecular weight excluding hydrogens is 325 g/mol. The third-order valence-corrected chi connectivity index (χ3v) is 3.22. The van der Waals surface area contributed by atoms with Crippen molar-refractivity contribution in [1.82, 2.24) is 4.98 Å². The maximum absolute atomic E-state index is 13.2. The average Bonchev–Trinajstić information content (AvgIpc) is 2.43. The minimum atomic E-state index is -0.325. The monoisotopic (exact) mass is 339 g/mol. The lowest BCUT2D eigenvalue weighted by Gasteiger charge is -2.11. The average molecular weight is 340 g/mol. The zero-order valence-corrected chi connectivity index (χ0v) is 12.6. The standard InChI is InChI=1S/C14H15BrFN3O/c1-2-7-20-14-11(17)5-6-13(19-14)18-12-8-9(16)3-4-10(12)15/h3-6,8H,2,7,17H2,1H3,(H,18,19). The molecule has 0 aliphatic heterocycles. The Bertz CT molecular complexity index is 607. The Hall–Kier alpha value is -1.82. The molecule has 0 aliphatic rings. The number of nitrogens with zero attached hydrogens (tertiary/aromatic N) is 1. The highest BCUT2D eigenvalue weighted by Gasteiger charge is 2.07. The van der Waals surface area contributed by atoms with Crippen LogP contribution in [0.3, 0.4) is 0 Å². The molecule has 0 bridgehead atoms. The van der Waals surface area contributed by atoms with Crippen molar-refractivity contribution in [3.05, 3.63) is 40.6 Å². The first-order chi connectivity index (χ1) is 9.60. The summed E-state index contributed by atoms with van der Waals surface area (Å²) in [6.07, 6.45) is 0.869. The first-order valence-corrected chi connectivity index (χ1v) is 7.01. The fraction of sp³-hybridized carbons (Fsp3) is 0.214. The first kappa shape index (κ1) is 14.6. The molecule has 1 aromatic carbocycles. The maximum atomic E-state index is 13.2. The predicted molar refractivity (Wildman–Crippen MR) is 81.8 cm³/mol. The normalized spacial score (nSPS) is 10.3. The fourth-order valence-electron chi connectivity index (χ4n) is 1.57. The van der Waals surface area contributed by atoms with Gasteiger partial charge in [-0.15, -0.1) is 0 Å². The van der Waals surface area contributed by atoms with Crippen molar-refractivity contribution < 1.29 is 9.13 Å². The predicted octanol–water partition coefficient (Wildman–Crippen LogP) is 4.10. The van der Waals surface area contributed by atoms with Gasteiger partial charge in [0.15, 0.2) is 0 Å². The summed E-state index contributed by atoms with van der Waals surface area (Å²) in [7, 11) is 0. The Kier molecular flexibility index (Phi) is 4.79. The molecule has 1 aromatic heterocycles. The molecule has 0 atom stereocenters. The van der Waals surface area contributed by atoms with Crippen LogP contribution in [0.4, 0.5) is 21.6 Å². The number of pyridine rings is 1. The molecule has 0 fully saturated rings. The van der Waals surface area contributed by atoms with E-state index in [2.05, 4.69) is 26.2 Å². The summed E-state index contributed by atoms with van der Waals surface area (Å²) in [6.45, 7) is 2.55. The van der Waals surface area contributed by atoms with E-state index in [1.165, 1.54) is 12.1 Å². The van der Waals surface area contributed by atoms with E-state index >= 15 is 0 Å². The van der Waals surface area contributed by atoms with Gasteiger partial charge in [0.05, 0.1) is 18.0 Å². The Morgan fingerprint density at radius 3 is 2.90 bits per heavy atom. The van der Waals surface area contributed by atoms with Crippen molar-refractivity contribution in [1.29, 1.82) is 0 Å². The van der Waals surface area contributed by atoms with Gasteiger partial charge in [0.2, 0.25) is 5.88 Å². The number of halogens is 2. The third kappa shape index (κ3) is 3.60. The summed E-state index contributed by atoms with van der Waals surface area (Å²) in [6, 6.07) is 7.80. The number of hydrogen-bond donors (Lipinski definition) is 2. The van der Waals surface area contributed by atoms with E-state index in [1.54, 1.807) is 18.2 Å². The van der Waals surface area contributed by atoms with Crippen LogP contribution in [0.25, 0.3) is 0 Å². The smallest absolute Gasteiger partial charge is 0.239 e. The summed E-state index contributed by atoms with van der Waals surface area (Å²) in [5.74, 6) is 0.592. The first-order valence-electron chi connectivity index (χ1n) is 6.21. The van der Waals surface area contributed by atoms with Crippen LogP contribution in [0, 0.1) is 5.82 Å². The fourth-order valence-corrected chi connectivity index (χ4v) is 1.91. The molecule has 0 unspecified atom stereocenters. The zero-order valence-electron chi connectivity index (χ0n) is 11.0. The molecule has 20 heavy (non-hydrogen) atoms. The number of ether oxygens (including phenoxy) is 1. The van der Waals surface area contributed by atoms with Crippen LogP contribution in [-0.4, -0.2) is 11.6 Å². The van der Waals surface area contributed by atoms with Gasteiger partial charge in [0.1, 0.15) is 11.6 Å². The number of nitrogens with two attached hydrogens (primary N) is 1. The van der Waals surface area contributed by atoms with Gasteiger partial charge < -0.3 is 15.8 Å². The van der Waals surface area contributed by atoms with Crippen LogP contribution in [0.2, 0.25) is 0 Å². The van der Waals surface area contributed by atoms with Crippen LogP contribution < -0.4 is 15.8 Å². The van der Waals surface area contributed by atoms with Crippen LogP contribution >= 0.6 is 15.9 Å². The number of rotatable bonds is 5. The summed E-state index contributed by atoms with van der Waals surface area (Å²) in [5, 5.41) is 3.02. The molecule has 1 heterocycles. The van der Waals surface area contributed by atoms with E-state index in [0.29, 0.717) is 29.7 Å². The SMILES string of the molecule is CCCOc1nc(Nc2cc(F)ccc2Br)ccc1N. The molecular formula is C14H15BrFN3O. The molecule has 2 aromatic rings. The van der Waals surface area contributed by atoms with E-state index in [0.717, 1.165) is 10.9 Å². The van der Waals surface area contributed by atoms with Gasteiger partial charge in [0, 0.05) is 4.47 Å². The summed E-state index contributed by atoms with van der Waals surface area (Å²) in [5.41, 5.74) is 6.85. The Labute approximate surface area is 125 Å². The van der Waals surface area contributed by atoms with Gasteiger partial charge in [-0.05, 0) is 52.7 Å². The van der Waals surface area contributed by atoms with Crippen molar-refractivity contribution in [2.24, 2.45) is 0 Å². The molecule has 0 spiro atoms. The summed E-state index contributed by atoms with van der Waals surface area (Å²) in [4.78, 5) is 4.27. The minimum absolute atomic E-state index is 0.325. The Morgan fingerprint density at radius 1 is 1.35 bits per heavy atom. The molecule has 106 valence electrons. The van der Waals surface area contributed by atoms with Crippen molar-refractivity contribution in [2.45, 2.75) is 13.3 Å². The number of nitrogen functional groups attached to an aromatic ring is 1. The van der Waals surface area contributed by atoms with Gasteiger partial charge in [-0.3, -0.25) is 0 Å². The molecule has 6 heteroatoms. The topological polar surface area (TPSA) is 60.2 Å². The third-order valence-electron chi connectivity index (χ3n) is 2.52. The van der Waals surface area contributed by atoms with Gasteiger partial charge in [0.25, 0.3) is 0 Å². The highest BCUT2D eigenvalue weighted by Crippen LogP contribution is 2.28. The second-order valence-electron chi connectivity index (χ2n) is 4.19. The van der Waals surface area contributed by atoms with Crippen LogP contribution in [-0.2, 0) is 0 Å². The highest BCUT2D eigenvalue weighted by atomic mass is 79.9. The number of hydrogen-bond acceptors (Lipinski definition) is 4. The Balaban J connectivity index is 2.22. The number of nitrogens with one attached hydrogen (secondary N) is 1. The second-order valence-corrected chi connectivity index (χ2v) is 5.04. The lowest BCUT2D eigenvalue weighted by atomic mass is 10.3. The minimum Gasteiger partial charge on any atom is -0.476 e. The van der Waals surface area contributed by atoms with Gasteiger partial charge in [-0.25, -0.2) is 4.39 Å². The van der Waals surface area contributed by atoms with Crippen LogP contribution in [0.15, 0.2) is 34.8 Å². The van der Waals surface area contributed by atoms with Crippen molar-refractivity contribution in [2.75, 3.05) is 17.7 Å². The summed E-state index contributed by atoms with van der Waals surface area (Å²) >= 11 is 3.35. The largest absolute Gasteiger partial charge is 0.476 e. The van der Waals surface area contributed by atoms with Crippen LogP contribution in [0.1, 0.15) is 13.3 Å². The van der Waals surface area contributed by atoms with Gasteiger partial charge in [-0.1, -0.05) is 6.92 Å². The van der Waals surface area contributed by atoms with Crippen LogP contribution in [0.5, 0.6) is 5.88 Å². The van der Waals surface area contributed by atoms with Crippen molar-refractivity contribution >= 4 is 33.1 Å². The molecule has 2 rings (SSSR count). The molecule has 0 radical (unpaired) electrons. The molecule has 3 N–H and O–H groups in total. The van der Waals surface area contributed by atoms with E-state index in [4.69, 9.17) is 10.5 Å². The lowest BCUT2D eigenvalue weighted by molar-refractivity contribution is 0.307. The number of benzene rings is 1. The maximum Gasteiger partial charge on any atom is 0.239 e. The second kappa shape index (κ2) is 6.56. The zero-order chi connectivity index (χ0) is 14.5. The highest BCUT2D eigenvalue weighted by molar-refractivity contribution is 9.10. The van der Waals surface area contributed by atoms with Gasteiger partial charge in [-0.2, -0.15) is 4.98 Å². The lowest BCUT2D eigenvalue weighted by Crippen LogP contribution is -2.03.